The van der Waals surface area contributed by atoms with Crippen molar-refractivity contribution in [3.8, 4) is 0 Å². The Morgan fingerprint density at radius 3 is 2.73 bits per heavy atom. The Bertz CT molecular complexity index is 932. The predicted molar refractivity (Wildman–Crippen MR) is 103 cm³/mol. The predicted octanol–water partition coefficient (Wildman–Crippen LogP) is 2.32. The number of rotatable bonds is 5. The van der Waals surface area contributed by atoms with Gasteiger partial charge in [0.15, 0.2) is 0 Å². The highest BCUT2D eigenvalue weighted by Crippen LogP contribution is 2.32. The summed E-state index contributed by atoms with van der Waals surface area (Å²) in [5.74, 6) is -0.222. The monoisotopic (exact) mass is 348 g/mol. The molecule has 2 aromatic carbocycles. The van der Waals surface area contributed by atoms with Gasteiger partial charge in [-0.05, 0) is 28.3 Å². The van der Waals surface area contributed by atoms with E-state index in [1.165, 1.54) is 16.3 Å². The third-order valence-corrected chi connectivity index (χ3v) is 5.44. The van der Waals surface area contributed by atoms with E-state index in [-0.39, 0.29) is 17.7 Å². The highest BCUT2D eigenvalue weighted by molar-refractivity contribution is 5.83. The van der Waals surface area contributed by atoms with Crippen molar-refractivity contribution in [3.63, 3.8) is 0 Å². The molecular formula is C21H24N4O. The molecule has 2 atom stereocenters. The normalized spacial score (nSPS) is 20.7. The Morgan fingerprint density at radius 1 is 1.19 bits per heavy atom. The molecule has 2 heterocycles. The zero-order valence-electron chi connectivity index (χ0n) is 15.0. The molecule has 5 nitrogen and oxygen atoms in total. The van der Waals surface area contributed by atoms with Crippen LogP contribution in [0, 0.1) is 5.92 Å². The number of nitrogens with zero attached hydrogens (tertiary/aromatic N) is 3. The maximum Gasteiger partial charge on any atom is 0.222 e. The van der Waals surface area contributed by atoms with E-state index in [0.29, 0.717) is 0 Å². The number of aromatic nitrogens is 2. The molecule has 2 N–H and O–H groups in total. The van der Waals surface area contributed by atoms with Crippen molar-refractivity contribution in [1.82, 2.24) is 14.7 Å². The minimum absolute atomic E-state index is 0.137. The molecule has 5 heteroatoms. The first kappa shape index (κ1) is 16.8. The second kappa shape index (κ2) is 6.92. The molecule has 0 spiro atoms. The van der Waals surface area contributed by atoms with E-state index in [1.54, 1.807) is 4.68 Å². The number of fused-ring (bicyclic) bond motifs is 1. The lowest BCUT2D eigenvalue weighted by Crippen LogP contribution is -2.29. The van der Waals surface area contributed by atoms with Gasteiger partial charge in [-0.25, -0.2) is 0 Å². The van der Waals surface area contributed by atoms with Crippen molar-refractivity contribution in [3.05, 3.63) is 66.0 Å². The number of hydrogen-bond acceptors (Lipinski definition) is 3. The van der Waals surface area contributed by atoms with Crippen molar-refractivity contribution in [2.24, 2.45) is 18.7 Å². The number of amides is 1. The molecule has 0 unspecified atom stereocenters. The van der Waals surface area contributed by atoms with Crippen LogP contribution in [0.5, 0.6) is 0 Å². The molecule has 4 rings (SSSR count). The molecule has 0 aliphatic carbocycles. The van der Waals surface area contributed by atoms with Gasteiger partial charge in [0.25, 0.3) is 0 Å². The van der Waals surface area contributed by atoms with Crippen LogP contribution in [0.3, 0.4) is 0 Å². The van der Waals surface area contributed by atoms with E-state index in [2.05, 4.69) is 52.5 Å². The fourth-order valence-corrected chi connectivity index (χ4v) is 4.01. The second-order valence-corrected chi connectivity index (χ2v) is 7.25. The van der Waals surface area contributed by atoms with Gasteiger partial charge in [-0.3, -0.25) is 9.48 Å². The number of nitrogens with two attached hydrogens (primary N) is 1. The number of carbonyl (C=O) groups is 1. The van der Waals surface area contributed by atoms with Gasteiger partial charge in [-0.15, -0.1) is 0 Å². The first-order chi connectivity index (χ1) is 12.6. The first-order valence-electron chi connectivity index (χ1n) is 9.08. The van der Waals surface area contributed by atoms with E-state index in [9.17, 15) is 4.79 Å². The largest absolute Gasteiger partial charge is 0.369 e. The molecule has 1 saturated heterocycles. The highest BCUT2D eigenvalue weighted by atomic mass is 16.1. The van der Waals surface area contributed by atoms with Crippen LogP contribution in [0.4, 0.5) is 0 Å². The molecule has 1 aliphatic heterocycles. The maximum atomic E-state index is 11.9. The number of carbonyl (C=O) groups excluding carboxylic acids is 1. The summed E-state index contributed by atoms with van der Waals surface area (Å²) in [6, 6.07) is 15.1. The molecule has 3 aromatic rings. The fraction of sp³-hybridized carbons (Fsp3) is 0.333. The van der Waals surface area contributed by atoms with Crippen molar-refractivity contribution in [2.45, 2.75) is 12.3 Å². The van der Waals surface area contributed by atoms with Gasteiger partial charge in [0.05, 0.1) is 12.1 Å². The van der Waals surface area contributed by atoms with Crippen LogP contribution < -0.4 is 5.73 Å². The van der Waals surface area contributed by atoms with Crippen molar-refractivity contribution < 1.29 is 4.79 Å². The van der Waals surface area contributed by atoms with Gasteiger partial charge >= 0.3 is 0 Å². The third kappa shape index (κ3) is 3.35. The highest BCUT2D eigenvalue weighted by Gasteiger charge is 2.37. The van der Waals surface area contributed by atoms with Crippen LogP contribution in [0.15, 0.2) is 54.9 Å². The Balaban J connectivity index is 1.45. The number of hydrogen-bond donors (Lipinski definition) is 1. The average Bonchev–Trinajstić information content (AvgIpc) is 3.26. The molecule has 0 bridgehead atoms. The lowest BCUT2D eigenvalue weighted by molar-refractivity contribution is -0.121. The standard InChI is InChI=1S/C21H24N4O/c1-24-12-18(11-23-24)19-13-25(14-20(19)21(22)26)9-8-15-6-7-16-4-2-3-5-17(16)10-15/h2-7,10-12,19-20H,8-9,13-14H2,1H3,(H2,22,26)/t19-,20+/m1/s1. The topological polar surface area (TPSA) is 64.2 Å². The van der Waals surface area contributed by atoms with Crippen molar-refractivity contribution in [1.29, 1.82) is 0 Å². The summed E-state index contributed by atoms with van der Waals surface area (Å²) in [6.07, 6.45) is 4.82. The summed E-state index contributed by atoms with van der Waals surface area (Å²) in [5.41, 5.74) is 8.10. The third-order valence-electron chi connectivity index (χ3n) is 5.44. The summed E-state index contributed by atoms with van der Waals surface area (Å²) in [6.45, 7) is 2.51. The lowest BCUT2D eigenvalue weighted by atomic mass is 9.90. The average molecular weight is 348 g/mol. The van der Waals surface area contributed by atoms with Gasteiger partial charge in [-0.2, -0.15) is 5.10 Å². The van der Waals surface area contributed by atoms with Crippen LogP contribution in [-0.4, -0.2) is 40.2 Å². The minimum atomic E-state index is -0.216. The molecule has 0 saturated carbocycles. The number of primary amides is 1. The maximum absolute atomic E-state index is 11.9. The molecule has 1 amide bonds. The molecular weight excluding hydrogens is 324 g/mol. The van der Waals surface area contributed by atoms with Gasteiger partial charge < -0.3 is 10.6 Å². The number of aryl methyl sites for hydroxylation is 1. The molecule has 1 aromatic heterocycles. The second-order valence-electron chi connectivity index (χ2n) is 7.25. The lowest BCUT2D eigenvalue weighted by Gasteiger charge is -2.15. The van der Waals surface area contributed by atoms with E-state index >= 15 is 0 Å². The quantitative estimate of drug-likeness (QED) is 0.770. The van der Waals surface area contributed by atoms with Crippen LogP contribution in [0.2, 0.25) is 0 Å². The molecule has 26 heavy (non-hydrogen) atoms. The fourth-order valence-electron chi connectivity index (χ4n) is 4.01. The zero-order chi connectivity index (χ0) is 18.1. The Kier molecular flexibility index (Phi) is 4.47. The number of likely N-dealkylation sites (tertiary alicyclic amines) is 1. The SMILES string of the molecule is Cn1cc([C@H]2CN(CCc3ccc4ccccc4c3)C[C@@H]2C(N)=O)cn1. The summed E-state index contributed by atoms with van der Waals surface area (Å²) >= 11 is 0. The minimum Gasteiger partial charge on any atom is -0.369 e. The summed E-state index contributed by atoms with van der Waals surface area (Å²) in [4.78, 5) is 14.3. The van der Waals surface area contributed by atoms with Gasteiger partial charge in [0.1, 0.15) is 0 Å². The summed E-state index contributed by atoms with van der Waals surface area (Å²) in [5, 5.41) is 6.79. The van der Waals surface area contributed by atoms with E-state index in [1.807, 2.05) is 19.4 Å². The molecule has 0 radical (unpaired) electrons. The van der Waals surface area contributed by atoms with Crippen LogP contribution in [0.25, 0.3) is 10.8 Å². The van der Waals surface area contributed by atoms with Crippen molar-refractivity contribution >= 4 is 16.7 Å². The number of benzene rings is 2. The Morgan fingerprint density at radius 2 is 2.00 bits per heavy atom. The molecule has 134 valence electrons. The Labute approximate surface area is 153 Å². The van der Waals surface area contributed by atoms with Crippen LogP contribution in [-0.2, 0) is 18.3 Å². The van der Waals surface area contributed by atoms with Crippen LogP contribution in [0.1, 0.15) is 17.0 Å². The van der Waals surface area contributed by atoms with Gasteiger partial charge in [-0.1, -0.05) is 42.5 Å². The van der Waals surface area contributed by atoms with Gasteiger partial charge in [0.2, 0.25) is 5.91 Å². The molecule has 1 fully saturated rings. The van der Waals surface area contributed by atoms with Crippen LogP contribution >= 0.6 is 0 Å². The van der Waals surface area contributed by atoms with Crippen molar-refractivity contribution in [2.75, 3.05) is 19.6 Å². The smallest absolute Gasteiger partial charge is 0.222 e. The van der Waals surface area contributed by atoms with Gasteiger partial charge in [0, 0.05) is 38.8 Å². The first-order valence-corrected chi connectivity index (χ1v) is 9.08. The molecule has 1 aliphatic rings. The van der Waals surface area contributed by atoms with E-state index < -0.39 is 0 Å². The zero-order valence-corrected chi connectivity index (χ0v) is 15.0. The summed E-state index contributed by atoms with van der Waals surface area (Å²) < 4.78 is 1.78. The van der Waals surface area contributed by atoms with E-state index in [0.717, 1.165) is 31.6 Å². The van der Waals surface area contributed by atoms with E-state index in [4.69, 9.17) is 5.73 Å². The Hall–Kier alpha value is -2.66. The summed E-state index contributed by atoms with van der Waals surface area (Å²) in [7, 11) is 1.90.